The van der Waals surface area contributed by atoms with Crippen LogP contribution in [0.5, 0.6) is 0 Å². The van der Waals surface area contributed by atoms with Gasteiger partial charge in [-0.3, -0.25) is 0 Å². The van der Waals surface area contributed by atoms with Crippen LogP contribution in [-0.2, 0) is 0 Å². The summed E-state index contributed by atoms with van der Waals surface area (Å²) in [5, 5.41) is 9.22. The van der Waals surface area contributed by atoms with E-state index >= 15 is 0 Å². The second-order valence-electron chi connectivity index (χ2n) is 7.16. The lowest BCUT2D eigenvalue weighted by molar-refractivity contribution is 0.658. The van der Waals surface area contributed by atoms with Crippen molar-refractivity contribution in [3.05, 3.63) is 53.7 Å². The largest absolute Gasteiger partial charge is 0.447 e. The van der Waals surface area contributed by atoms with Crippen LogP contribution in [0.15, 0.2) is 42.6 Å². The molecule has 0 aromatic heterocycles. The van der Waals surface area contributed by atoms with Crippen molar-refractivity contribution in [2.24, 2.45) is 0 Å². The van der Waals surface area contributed by atoms with Gasteiger partial charge in [0.15, 0.2) is 0 Å². The molecule has 0 saturated carbocycles. The summed E-state index contributed by atoms with van der Waals surface area (Å²) in [6.45, 7) is 11.9. The van der Waals surface area contributed by atoms with Gasteiger partial charge in [-0.15, -0.1) is 0 Å². The lowest BCUT2D eigenvalue weighted by atomic mass is 9.76. The van der Waals surface area contributed by atoms with E-state index in [0.29, 0.717) is 10.6 Å². The Hall–Kier alpha value is -1.73. The van der Waals surface area contributed by atoms with Crippen molar-refractivity contribution in [2.75, 3.05) is 0 Å². The first kappa shape index (κ1) is 15.7. The Labute approximate surface area is 130 Å². The molecule has 0 unspecified atom stereocenters. The first-order chi connectivity index (χ1) is 9.75. The van der Waals surface area contributed by atoms with Gasteiger partial charge in [0, 0.05) is 0 Å². The zero-order chi connectivity index (χ0) is 15.7. The maximum absolute atomic E-state index is 8.90. The maximum atomic E-state index is 8.90. The van der Waals surface area contributed by atoms with Crippen LogP contribution in [0.3, 0.4) is 0 Å². The van der Waals surface area contributed by atoms with E-state index in [1.807, 2.05) is 24.3 Å². The fraction of sp³-hybridized carbons (Fsp3) is 0.353. The van der Waals surface area contributed by atoms with Gasteiger partial charge in [0.05, 0.1) is 11.6 Å². The third-order valence-corrected chi connectivity index (χ3v) is 10.3. The zero-order valence-corrected chi connectivity index (χ0v) is 14.6. The van der Waals surface area contributed by atoms with Gasteiger partial charge < -0.3 is 4.48 Å². The molecule has 0 fully saturated rings. The summed E-state index contributed by atoms with van der Waals surface area (Å²) in [6, 6.07) is 10.1. The van der Waals surface area contributed by atoms with Gasteiger partial charge in [-0.25, -0.2) is 0 Å². The molecule has 21 heavy (non-hydrogen) atoms. The van der Waals surface area contributed by atoms with E-state index in [9.17, 15) is 0 Å². The van der Waals surface area contributed by atoms with Gasteiger partial charge >= 0.3 is 0 Å². The molecule has 2 rings (SSSR count). The number of hydrogen-bond donors (Lipinski definition) is 0. The zero-order valence-electron chi connectivity index (χ0n) is 13.6. The van der Waals surface area contributed by atoms with Crippen LogP contribution in [0.1, 0.15) is 31.9 Å². The van der Waals surface area contributed by atoms with E-state index in [0.717, 1.165) is 7.41 Å². The van der Waals surface area contributed by atoms with Crippen LogP contribution in [-0.4, -0.2) is 20.1 Å². The Morgan fingerprint density at radius 2 is 1.76 bits per heavy atom. The smallest absolute Gasteiger partial charge is 0.261 e. The van der Waals surface area contributed by atoms with Crippen molar-refractivity contribution in [3.63, 3.8) is 0 Å². The number of allylic oxidation sites excluding steroid dienone is 2. The van der Waals surface area contributed by atoms with E-state index in [2.05, 4.69) is 62.8 Å². The highest BCUT2D eigenvalue weighted by Gasteiger charge is 2.40. The van der Waals surface area contributed by atoms with Gasteiger partial charge in [-0.2, -0.15) is 5.26 Å². The van der Waals surface area contributed by atoms with Gasteiger partial charge in [0.1, 0.15) is 8.24 Å². The molecule has 1 aromatic rings. The van der Waals surface area contributed by atoms with E-state index in [1.165, 1.54) is 11.0 Å². The van der Waals surface area contributed by atoms with E-state index in [4.69, 9.17) is 5.26 Å². The molecule has 0 atom stereocenters. The van der Waals surface area contributed by atoms with Crippen LogP contribution in [0.4, 0.5) is 0 Å². The molecular formula is C17H23BN2Si. The summed E-state index contributed by atoms with van der Waals surface area (Å²) in [5.41, 5.74) is 3.25. The number of nitriles is 1. The number of nitrogens with zero attached hydrogens (tertiary/aromatic N) is 2. The highest BCUT2D eigenvalue weighted by molar-refractivity contribution is 6.86. The summed E-state index contributed by atoms with van der Waals surface area (Å²) in [6.07, 6.45) is 6.58. The minimum absolute atomic E-state index is 0.324. The lowest BCUT2D eigenvalue weighted by Crippen LogP contribution is -2.54. The third kappa shape index (κ3) is 3.14. The van der Waals surface area contributed by atoms with E-state index in [1.54, 1.807) is 0 Å². The molecule has 0 spiro atoms. The Bertz CT molecular complexity index is 616. The minimum atomic E-state index is -1.54. The molecule has 4 heteroatoms. The summed E-state index contributed by atoms with van der Waals surface area (Å²) in [7, 11) is -0.586. The molecule has 1 heterocycles. The van der Waals surface area contributed by atoms with E-state index in [-0.39, 0.29) is 0 Å². The van der Waals surface area contributed by atoms with Gasteiger partial charge in [0.25, 0.3) is 7.41 Å². The first-order valence-corrected chi connectivity index (χ1v) is 10.3. The maximum Gasteiger partial charge on any atom is 0.261 e. The fourth-order valence-electron chi connectivity index (χ4n) is 2.31. The highest BCUT2D eigenvalue weighted by Crippen LogP contribution is 2.39. The highest BCUT2D eigenvalue weighted by atomic mass is 28.3. The van der Waals surface area contributed by atoms with Gasteiger partial charge in [-0.1, -0.05) is 57.5 Å². The Morgan fingerprint density at radius 3 is 2.29 bits per heavy atom. The SMILES string of the molecule is CC(C)(C)[Si](C)(C)N1BC(c2ccc(C#N)cc2)=CC=C1. The van der Waals surface area contributed by atoms with Crippen molar-refractivity contribution >= 4 is 21.1 Å². The monoisotopic (exact) mass is 294 g/mol. The van der Waals surface area contributed by atoms with Crippen molar-refractivity contribution in [2.45, 2.75) is 38.9 Å². The van der Waals surface area contributed by atoms with E-state index < -0.39 is 8.24 Å². The fourth-order valence-corrected chi connectivity index (χ4v) is 4.20. The predicted molar refractivity (Wildman–Crippen MR) is 94.5 cm³/mol. The Balaban J connectivity index is 2.24. The molecule has 0 N–H and O–H groups in total. The van der Waals surface area contributed by atoms with Crippen LogP contribution in [0, 0.1) is 11.3 Å². The van der Waals surface area contributed by atoms with Crippen molar-refractivity contribution in [1.82, 2.24) is 4.48 Å². The topological polar surface area (TPSA) is 27.0 Å². The molecule has 1 aliphatic rings. The third-order valence-electron chi connectivity index (χ3n) is 4.84. The predicted octanol–water partition coefficient (Wildman–Crippen LogP) is 4.09. The molecule has 0 radical (unpaired) electrons. The van der Waals surface area contributed by atoms with Crippen molar-refractivity contribution < 1.29 is 0 Å². The lowest BCUT2D eigenvalue weighted by Gasteiger charge is -2.47. The van der Waals surface area contributed by atoms with Crippen LogP contribution in [0.2, 0.25) is 18.1 Å². The number of hydrogen-bond acceptors (Lipinski definition) is 2. The summed E-state index contributed by atoms with van der Waals surface area (Å²) >= 11 is 0. The number of benzene rings is 1. The van der Waals surface area contributed by atoms with Crippen LogP contribution in [0.25, 0.3) is 5.47 Å². The Morgan fingerprint density at radius 1 is 1.14 bits per heavy atom. The molecular weight excluding hydrogens is 271 g/mol. The minimum Gasteiger partial charge on any atom is -0.447 e. The molecule has 2 nitrogen and oxygen atoms in total. The molecule has 0 amide bonds. The van der Waals surface area contributed by atoms with Crippen molar-refractivity contribution in [3.8, 4) is 6.07 Å². The molecule has 108 valence electrons. The molecule has 1 aliphatic heterocycles. The average molecular weight is 294 g/mol. The van der Waals surface area contributed by atoms with Crippen LogP contribution < -0.4 is 0 Å². The summed E-state index contributed by atoms with van der Waals surface area (Å²) in [4.78, 5) is 0. The molecule has 0 bridgehead atoms. The average Bonchev–Trinajstić information content (AvgIpc) is 2.46. The number of rotatable bonds is 2. The molecule has 0 saturated heterocycles. The van der Waals surface area contributed by atoms with Gasteiger partial charge in [0.2, 0.25) is 0 Å². The quantitative estimate of drug-likeness (QED) is 0.768. The van der Waals surface area contributed by atoms with Crippen molar-refractivity contribution in [1.29, 1.82) is 5.26 Å². The normalized spacial score (nSPS) is 15.2. The first-order valence-electron chi connectivity index (χ1n) is 7.40. The van der Waals surface area contributed by atoms with Gasteiger partial charge in [-0.05, 0) is 35.0 Å². The second-order valence-corrected chi connectivity index (χ2v) is 12.4. The molecule has 0 aliphatic carbocycles. The molecule has 1 aromatic carbocycles. The Kier molecular flexibility index (Phi) is 4.16. The van der Waals surface area contributed by atoms with Crippen LogP contribution >= 0.6 is 0 Å². The summed E-state index contributed by atoms with van der Waals surface area (Å²) < 4.78 is 2.54. The standard InChI is InChI=1S/C17H23BN2Si/c1-17(2,3)21(4,5)20-12-6-7-16(18-20)15-10-8-14(13-19)9-11-15/h6-12,18H,1-5H3. The summed E-state index contributed by atoms with van der Waals surface area (Å²) in [5.74, 6) is 0. The second kappa shape index (κ2) is 5.57.